The van der Waals surface area contributed by atoms with Gasteiger partial charge in [-0.3, -0.25) is 4.79 Å². The summed E-state index contributed by atoms with van der Waals surface area (Å²) < 4.78 is 18.5. The minimum Gasteiger partial charge on any atom is -0.355 e. The lowest BCUT2D eigenvalue weighted by atomic mass is 10.0. The molecule has 0 spiro atoms. The van der Waals surface area contributed by atoms with Crippen molar-refractivity contribution in [3.8, 4) is 11.3 Å². The molecule has 6 heteroatoms. The van der Waals surface area contributed by atoms with Gasteiger partial charge < -0.3 is 14.7 Å². The number of aromatic nitrogens is 1. The summed E-state index contributed by atoms with van der Waals surface area (Å²) in [5.74, 6) is -0.0955. The minimum absolute atomic E-state index is 0.214. The molecule has 0 saturated heterocycles. The number of amides is 1. The van der Waals surface area contributed by atoms with Crippen molar-refractivity contribution in [1.29, 1.82) is 0 Å². The molecule has 140 valence electrons. The highest BCUT2D eigenvalue weighted by atomic mass is 19.1. The molecule has 1 heterocycles. The van der Waals surface area contributed by atoms with Crippen molar-refractivity contribution in [3.63, 3.8) is 0 Å². The van der Waals surface area contributed by atoms with Gasteiger partial charge in [0.2, 0.25) is 0 Å². The van der Waals surface area contributed by atoms with Crippen molar-refractivity contribution >= 4 is 5.91 Å². The van der Waals surface area contributed by atoms with Gasteiger partial charge in [0.25, 0.3) is 5.91 Å². The van der Waals surface area contributed by atoms with E-state index >= 15 is 0 Å². The van der Waals surface area contributed by atoms with Gasteiger partial charge in [0.1, 0.15) is 5.82 Å². The summed E-state index contributed by atoms with van der Waals surface area (Å²) >= 11 is 0. The van der Waals surface area contributed by atoms with Gasteiger partial charge in [-0.05, 0) is 44.8 Å². The standard InChI is InChI=1S/C21H22FN3O2/c1-25(2)13-12-18(15-8-10-17(22)11-9-15)23-21(26)19-14-20(27-24-19)16-6-4-3-5-7-16/h3-11,14,18H,12-13H2,1-2H3,(H,23,26). The second kappa shape index (κ2) is 8.60. The molecule has 5 nitrogen and oxygen atoms in total. The van der Waals surface area contributed by atoms with E-state index in [2.05, 4.69) is 10.5 Å². The summed E-state index contributed by atoms with van der Waals surface area (Å²) in [4.78, 5) is 14.7. The maximum Gasteiger partial charge on any atom is 0.273 e. The number of nitrogens with one attached hydrogen (secondary N) is 1. The zero-order valence-corrected chi connectivity index (χ0v) is 15.4. The third-order valence-electron chi connectivity index (χ3n) is 4.24. The second-order valence-corrected chi connectivity index (χ2v) is 6.61. The van der Waals surface area contributed by atoms with Crippen molar-refractivity contribution in [2.75, 3.05) is 20.6 Å². The lowest BCUT2D eigenvalue weighted by Crippen LogP contribution is -2.31. The Kier molecular flexibility index (Phi) is 5.98. The Hall–Kier alpha value is -2.99. The molecule has 0 fully saturated rings. The van der Waals surface area contributed by atoms with Gasteiger partial charge in [-0.1, -0.05) is 47.6 Å². The molecule has 1 amide bonds. The lowest BCUT2D eigenvalue weighted by Gasteiger charge is -2.20. The Morgan fingerprint density at radius 1 is 1.15 bits per heavy atom. The predicted molar refractivity (Wildman–Crippen MR) is 102 cm³/mol. The summed E-state index contributed by atoms with van der Waals surface area (Å²) in [7, 11) is 3.93. The van der Waals surface area contributed by atoms with Crippen LogP contribution in [0, 0.1) is 5.82 Å². The molecule has 1 unspecified atom stereocenters. The predicted octanol–water partition coefficient (Wildman–Crippen LogP) is 3.90. The Labute approximate surface area is 157 Å². The molecule has 3 rings (SSSR count). The van der Waals surface area contributed by atoms with Crippen molar-refractivity contribution in [2.45, 2.75) is 12.5 Å². The first-order chi connectivity index (χ1) is 13.0. The molecule has 0 bridgehead atoms. The van der Waals surface area contributed by atoms with Crippen LogP contribution in [0.1, 0.15) is 28.5 Å². The summed E-state index contributed by atoms with van der Waals surface area (Å²) in [5.41, 5.74) is 1.91. The van der Waals surface area contributed by atoms with Gasteiger partial charge in [0, 0.05) is 11.6 Å². The molecule has 0 saturated carbocycles. The molecule has 27 heavy (non-hydrogen) atoms. The number of hydrogen-bond donors (Lipinski definition) is 1. The van der Waals surface area contributed by atoms with E-state index < -0.39 is 0 Å². The van der Waals surface area contributed by atoms with E-state index in [0.717, 1.165) is 17.7 Å². The van der Waals surface area contributed by atoms with Gasteiger partial charge in [0.15, 0.2) is 11.5 Å². The van der Waals surface area contributed by atoms with E-state index in [0.29, 0.717) is 12.2 Å². The monoisotopic (exact) mass is 367 g/mol. The normalized spacial score (nSPS) is 12.1. The maximum absolute atomic E-state index is 13.2. The maximum atomic E-state index is 13.2. The van der Waals surface area contributed by atoms with Gasteiger partial charge in [0.05, 0.1) is 6.04 Å². The number of rotatable bonds is 7. The minimum atomic E-state index is -0.325. The lowest BCUT2D eigenvalue weighted by molar-refractivity contribution is 0.0923. The number of hydrogen-bond acceptors (Lipinski definition) is 4. The van der Waals surface area contributed by atoms with Crippen LogP contribution in [0.5, 0.6) is 0 Å². The van der Waals surface area contributed by atoms with Crippen molar-refractivity contribution in [3.05, 3.63) is 77.7 Å². The van der Waals surface area contributed by atoms with Crippen LogP contribution in [0.4, 0.5) is 4.39 Å². The van der Waals surface area contributed by atoms with E-state index in [1.54, 1.807) is 18.2 Å². The first-order valence-corrected chi connectivity index (χ1v) is 8.76. The highest BCUT2D eigenvalue weighted by Gasteiger charge is 2.19. The van der Waals surface area contributed by atoms with Crippen LogP contribution < -0.4 is 5.32 Å². The molecule has 1 atom stereocenters. The molecule has 0 aliphatic heterocycles. The molecule has 2 aromatic carbocycles. The van der Waals surface area contributed by atoms with E-state index in [-0.39, 0.29) is 23.5 Å². The number of carbonyl (C=O) groups excluding carboxylic acids is 1. The molecule has 0 radical (unpaired) electrons. The molecule has 0 aliphatic rings. The number of benzene rings is 2. The van der Waals surface area contributed by atoms with Crippen LogP contribution >= 0.6 is 0 Å². The molecule has 1 N–H and O–H groups in total. The van der Waals surface area contributed by atoms with Gasteiger partial charge in [-0.15, -0.1) is 0 Å². The van der Waals surface area contributed by atoms with E-state index in [1.165, 1.54) is 12.1 Å². The summed E-state index contributed by atoms with van der Waals surface area (Å²) in [6.45, 7) is 0.774. The summed E-state index contributed by atoms with van der Waals surface area (Å²) in [6.07, 6.45) is 0.688. The van der Waals surface area contributed by atoms with Crippen LogP contribution in [0.2, 0.25) is 0 Å². The van der Waals surface area contributed by atoms with Crippen LogP contribution in [0.15, 0.2) is 65.2 Å². The topological polar surface area (TPSA) is 58.4 Å². The van der Waals surface area contributed by atoms with Crippen LogP contribution in [-0.4, -0.2) is 36.6 Å². The highest BCUT2D eigenvalue weighted by Crippen LogP contribution is 2.22. The van der Waals surface area contributed by atoms with Crippen molar-refractivity contribution < 1.29 is 13.7 Å². The third-order valence-corrected chi connectivity index (χ3v) is 4.24. The fourth-order valence-corrected chi connectivity index (χ4v) is 2.76. The number of nitrogens with zero attached hydrogens (tertiary/aromatic N) is 2. The third kappa shape index (κ3) is 5.01. The average Bonchev–Trinajstić information content (AvgIpc) is 3.17. The van der Waals surface area contributed by atoms with Gasteiger partial charge in [-0.2, -0.15) is 0 Å². The Balaban J connectivity index is 1.75. The highest BCUT2D eigenvalue weighted by molar-refractivity contribution is 5.93. The zero-order chi connectivity index (χ0) is 19.2. The Morgan fingerprint density at radius 3 is 2.52 bits per heavy atom. The number of halogens is 1. The Morgan fingerprint density at radius 2 is 1.85 bits per heavy atom. The quantitative estimate of drug-likeness (QED) is 0.688. The summed E-state index contributed by atoms with van der Waals surface area (Å²) in [5, 5.41) is 6.87. The van der Waals surface area contributed by atoms with E-state index in [1.807, 2.05) is 49.3 Å². The first-order valence-electron chi connectivity index (χ1n) is 8.76. The summed E-state index contributed by atoms with van der Waals surface area (Å²) in [6, 6.07) is 17.0. The molecule has 1 aromatic heterocycles. The fraction of sp³-hybridized carbons (Fsp3) is 0.238. The van der Waals surface area contributed by atoms with Crippen LogP contribution in [-0.2, 0) is 0 Å². The molecule has 0 aliphatic carbocycles. The average molecular weight is 367 g/mol. The zero-order valence-electron chi connectivity index (χ0n) is 15.4. The van der Waals surface area contributed by atoms with Gasteiger partial charge >= 0.3 is 0 Å². The molecular formula is C21H22FN3O2. The Bertz CT molecular complexity index is 876. The number of carbonyl (C=O) groups is 1. The SMILES string of the molecule is CN(C)CCC(NC(=O)c1cc(-c2ccccc2)on1)c1ccc(F)cc1. The molecular weight excluding hydrogens is 345 g/mol. The van der Waals surface area contributed by atoms with Crippen LogP contribution in [0.3, 0.4) is 0 Å². The van der Waals surface area contributed by atoms with Crippen molar-refractivity contribution in [1.82, 2.24) is 15.4 Å². The molecule has 3 aromatic rings. The largest absolute Gasteiger partial charge is 0.355 e. The first kappa shape index (κ1) is 18.8. The van der Waals surface area contributed by atoms with Crippen LogP contribution in [0.25, 0.3) is 11.3 Å². The van der Waals surface area contributed by atoms with E-state index in [9.17, 15) is 9.18 Å². The fourth-order valence-electron chi connectivity index (χ4n) is 2.76. The smallest absolute Gasteiger partial charge is 0.273 e. The van der Waals surface area contributed by atoms with Crippen molar-refractivity contribution in [2.24, 2.45) is 0 Å². The second-order valence-electron chi connectivity index (χ2n) is 6.61. The van der Waals surface area contributed by atoms with E-state index in [4.69, 9.17) is 4.52 Å². The van der Waals surface area contributed by atoms with Gasteiger partial charge in [-0.25, -0.2) is 4.39 Å².